The van der Waals surface area contributed by atoms with Gasteiger partial charge in [-0.05, 0) is 6.07 Å². The second kappa shape index (κ2) is 8.16. The molecule has 1 fully saturated rings. The Bertz CT molecular complexity index is 1040. The molecule has 2 aliphatic heterocycles. The molecule has 0 aliphatic carbocycles. The number of carbonyl (C=O) groups excluding carboxylic acids is 2. The van der Waals surface area contributed by atoms with Crippen LogP contribution in [0.2, 0.25) is 0 Å². The maximum atomic E-state index is 12.7. The Labute approximate surface area is 176 Å². The third-order valence-corrected chi connectivity index (χ3v) is 6.40. The van der Waals surface area contributed by atoms with E-state index in [1.165, 1.54) is 31.0 Å². The molecule has 0 saturated carbocycles. The van der Waals surface area contributed by atoms with E-state index in [-0.39, 0.29) is 28.5 Å². The number of benzene rings is 1. The molecule has 2 heterocycles. The Hall–Kier alpha value is -2.77. The van der Waals surface area contributed by atoms with Gasteiger partial charge in [0.2, 0.25) is 15.9 Å². The lowest BCUT2D eigenvalue weighted by Gasteiger charge is -2.49. The predicted octanol–water partition coefficient (Wildman–Crippen LogP) is -0.600. The number of para-hydroxylation sites is 1. The van der Waals surface area contributed by atoms with Crippen molar-refractivity contribution in [2.75, 3.05) is 23.8 Å². The molecule has 2 amide bonds. The van der Waals surface area contributed by atoms with Crippen molar-refractivity contribution >= 4 is 45.3 Å². The van der Waals surface area contributed by atoms with Gasteiger partial charge in [-0.1, -0.05) is 18.2 Å². The van der Waals surface area contributed by atoms with Crippen LogP contribution in [0, 0.1) is 0 Å². The lowest BCUT2D eigenvalue weighted by Crippen LogP contribution is -2.71. The monoisotopic (exact) mass is 456 g/mol. The standard InChI is InChI=1S/C17H20N4O7S2/c1-28-10-7-29-16-12(15(23)21(16)13(10)17(24)25)19-14(22)11(18)8-5-3-4-6-9(8)20-30(2,26)27/h3-6,11-12,16,20H,7,18H2,1-2H3,(H,19,22)(H,24,25)/t11?,12-,16-/m1/s1. The Morgan fingerprint density at radius 1 is 1.37 bits per heavy atom. The van der Waals surface area contributed by atoms with Gasteiger partial charge < -0.3 is 20.9 Å². The first-order chi connectivity index (χ1) is 14.0. The van der Waals surface area contributed by atoms with Crippen molar-refractivity contribution in [3.63, 3.8) is 0 Å². The van der Waals surface area contributed by atoms with E-state index >= 15 is 0 Å². The minimum atomic E-state index is -3.60. The van der Waals surface area contributed by atoms with Crippen LogP contribution in [0.3, 0.4) is 0 Å². The van der Waals surface area contributed by atoms with Gasteiger partial charge in [-0.15, -0.1) is 11.8 Å². The lowest BCUT2D eigenvalue weighted by molar-refractivity contribution is -0.151. The first-order valence-electron chi connectivity index (χ1n) is 8.63. The average Bonchev–Trinajstić information content (AvgIpc) is 2.69. The van der Waals surface area contributed by atoms with Crippen molar-refractivity contribution in [2.24, 2.45) is 5.73 Å². The van der Waals surface area contributed by atoms with E-state index in [0.717, 1.165) is 11.2 Å². The molecule has 1 unspecified atom stereocenters. The molecule has 1 saturated heterocycles. The third kappa shape index (κ3) is 4.08. The molecule has 0 radical (unpaired) electrons. The fraction of sp³-hybridized carbons (Fsp3) is 0.353. The van der Waals surface area contributed by atoms with Crippen molar-refractivity contribution in [2.45, 2.75) is 17.5 Å². The molecule has 0 bridgehead atoms. The fourth-order valence-corrected chi connectivity index (χ4v) is 5.09. The van der Waals surface area contributed by atoms with E-state index in [0.29, 0.717) is 0 Å². The number of nitrogens with two attached hydrogens (primary N) is 1. The van der Waals surface area contributed by atoms with Crippen LogP contribution in [0.5, 0.6) is 0 Å². The predicted molar refractivity (Wildman–Crippen MR) is 109 cm³/mol. The zero-order chi connectivity index (χ0) is 22.2. The van der Waals surface area contributed by atoms with Gasteiger partial charge in [0.1, 0.15) is 23.2 Å². The summed E-state index contributed by atoms with van der Waals surface area (Å²) in [6, 6.07) is 3.93. The number of thioether (sulfide) groups is 1. The SMILES string of the molecule is COC1=C(C(=O)O)N2C(=O)[C@@H](NC(=O)C(N)c3ccccc3NS(C)(=O)=O)[C@H]2SC1. The van der Waals surface area contributed by atoms with Crippen molar-refractivity contribution in [1.29, 1.82) is 0 Å². The van der Waals surface area contributed by atoms with Gasteiger partial charge in [-0.2, -0.15) is 0 Å². The van der Waals surface area contributed by atoms with Gasteiger partial charge in [-0.3, -0.25) is 19.2 Å². The van der Waals surface area contributed by atoms with E-state index in [9.17, 15) is 27.9 Å². The number of carboxylic acids is 1. The number of β-lactam (4-membered cyclic amide) rings is 1. The highest BCUT2D eigenvalue weighted by Gasteiger charge is 2.55. The number of sulfonamides is 1. The second-order valence-corrected chi connectivity index (χ2v) is 9.47. The summed E-state index contributed by atoms with van der Waals surface area (Å²) < 4.78 is 30.4. The molecule has 0 spiro atoms. The molecule has 11 nitrogen and oxygen atoms in total. The summed E-state index contributed by atoms with van der Waals surface area (Å²) in [4.78, 5) is 37.8. The van der Waals surface area contributed by atoms with Gasteiger partial charge in [0.25, 0.3) is 5.91 Å². The number of nitrogens with one attached hydrogen (secondary N) is 2. The maximum absolute atomic E-state index is 12.7. The summed E-state index contributed by atoms with van der Waals surface area (Å²) in [6.07, 6.45) is 0.971. The summed E-state index contributed by atoms with van der Waals surface area (Å²) in [5.74, 6) is -2.20. The van der Waals surface area contributed by atoms with Gasteiger partial charge in [0.15, 0.2) is 5.70 Å². The Morgan fingerprint density at radius 2 is 2.03 bits per heavy atom. The first kappa shape index (κ1) is 21.9. The zero-order valence-electron chi connectivity index (χ0n) is 16.0. The average molecular weight is 457 g/mol. The van der Waals surface area contributed by atoms with Gasteiger partial charge in [-0.25, -0.2) is 13.2 Å². The Morgan fingerprint density at radius 3 is 2.63 bits per heavy atom. The van der Waals surface area contributed by atoms with Crippen LogP contribution >= 0.6 is 11.8 Å². The van der Waals surface area contributed by atoms with E-state index in [2.05, 4.69) is 10.0 Å². The molecule has 1 aromatic carbocycles. The van der Waals surface area contributed by atoms with Crippen LogP contribution < -0.4 is 15.8 Å². The number of fused-ring (bicyclic) bond motifs is 1. The molecule has 162 valence electrons. The van der Waals surface area contributed by atoms with Crippen molar-refractivity contribution < 1.29 is 32.6 Å². The first-order valence-corrected chi connectivity index (χ1v) is 11.6. The Kier molecular flexibility index (Phi) is 5.97. The number of hydrogen-bond acceptors (Lipinski definition) is 8. The molecule has 30 heavy (non-hydrogen) atoms. The van der Waals surface area contributed by atoms with Gasteiger partial charge in [0, 0.05) is 5.56 Å². The smallest absolute Gasteiger partial charge is 0.356 e. The number of anilines is 1. The van der Waals surface area contributed by atoms with Crippen LogP contribution in [0.25, 0.3) is 0 Å². The molecule has 3 rings (SSSR count). The highest BCUT2D eigenvalue weighted by molar-refractivity contribution is 8.00. The number of carbonyl (C=O) groups is 3. The van der Waals surface area contributed by atoms with E-state index < -0.39 is 45.3 Å². The highest BCUT2D eigenvalue weighted by Crippen LogP contribution is 2.40. The highest BCUT2D eigenvalue weighted by atomic mass is 32.2. The molecular formula is C17H20N4O7S2. The van der Waals surface area contributed by atoms with Crippen molar-refractivity contribution in [3.8, 4) is 0 Å². The topological polar surface area (TPSA) is 168 Å². The summed E-state index contributed by atoms with van der Waals surface area (Å²) in [6.45, 7) is 0. The second-order valence-electron chi connectivity index (χ2n) is 6.62. The third-order valence-electron chi connectivity index (χ3n) is 4.55. The molecule has 0 aromatic heterocycles. The Balaban J connectivity index is 1.77. The summed E-state index contributed by atoms with van der Waals surface area (Å²) in [5, 5.41) is 11.3. The van der Waals surface area contributed by atoms with Crippen LogP contribution in [-0.4, -0.2) is 66.7 Å². The van der Waals surface area contributed by atoms with Crippen molar-refractivity contribution in [3.05, 3.63) is 41.3 Å². The molecule has 5 N–H and O–H groups in total. The summed E-state index contributed by atoms with van der Waals surface area (Å²) >= 11 is 1.25. The van der Waals surface area contributed by atoms with E-state index in [4.69, 9.17) is 10.5 Å². The number of carboxylic acid groups (broad SMARTS) is 1. The number of ether oxygens (including phenoxy) is 1. The molecule has 1 aromatic rings. The number of hydrogen-bond donors (Lipinski definition) is 4. The van der Waals surface area contributed by atoms with Crippen LogP contribution in [-0.2, 0) is 29.1 Å². The van der Waals surface area contributed by atoms with Crippen molar-refractivity contribution in [1.82, 2.24) is 10.2 Å². The number of nitrogens with zero attached hydrogens (tertiary/aromatic N) is 1. The summed E-state index contributed by atoms with van der Waals surface area (Å²) in [7, 11) is -2.27. The summed E-state index contributed by atoms with van der Waals surface area (Å²) in [5.41, 5.74) is 6.15. The zero-order valence-corrected chi connectivity index (χ0v) is 17.6. The number of amides is 2. The minimum Gasteiger partial charge on any atom is -0.498 e. The van der Waals surface area contributed by atoms with Gasteiger partial charge in [0.05, 0.1) is 24.8 Å². The number of rotatable bonds is 7. The molecule has 3 atom stereocenters. The quantitative estimate of drug-likeness (QED) is 0.392. The molecule has 2 aliphatic rings. The lowest BCUT2D eigenvalue weighted by atomic mass is 10.0. The van der Waals surface area contributed by atoms with Gasteiger partial charge >= 0.3 is 5.97 Å². The number of aliphatic carboxylic acids is 1. The normalized spacial score (nSPS) is 22.0. The van der Waals surface area contributed by atoms with Crippen LogP contribution in [0.15, 0.2) is 35.7 Å². The van der Waals surface area contributed by atoms with E-state index in [1.54, 1.807) is 12.1 Å². The van der Waals surface area contributed by atoms with Crippen LogP contribution in [0.1, 0.15) is 11.6 Å². The maximum Gasteiger partial charge on any atom is 0.356 e. The molecular weight excluding hydrogens is 436 g/mol. The minimum absolute atomic E-state index is 0.150. The molecule has 13 heteroatoms. The largest absolute Gasteiger partial charge is 0.498 e. The van der Waals surface area contributed by atoms with E-state index in [1.807, 2.05) is 0 Å². The fourth-order valence-electron chi connectivity index (χ4n) is 3.19. The van der Waals surface area contributed by atoms with Crippen LogP contribution in [0.4, 0.5) is 5.69 Å². The number of methoxy groups -OCH3 is 1.